The molecule has 0 unspecified atom stereocenters. The third-order valence-corrected chi connectivity index (χ3v) is 5.51. The molecule has 0 aromatic heterocycles. The van der Waals surface area contributed by atoms with Crippen LogP contribution in [0.3, 0.4) is 0 Å². The molecule has 0 aliphatic heterocycles. The minimum atomic E-state index is -0.108. The van der Waals surface area contributed by atoms with Gasteiger partial charge in [-0.25, -0.2) is 0 Å². The van der Waals surface area contributed by atoms with Crippen LogP contribution in [0.1, 0.15) is 21.5 Å². The quantitative estimate of drug-likeness (QED) is 0.277. The number of rotatable bonds is 10. The Bertz CT molecular complexity index is 1120. The minimum Gasteiger partial charge on any atom is -0.491 e. The number of allylic oxidation sites excluding steroid dienone is 1. The predicted octanol–water partition coefficient (Wildman–Crippen LogP) is 5.91. The van der Waals surface area contributed by atoms with Gasteiger partial charge >= 0.3 is 0 Å². The lowest BCUT2D eigenvalue weighted by Crippen LogP contribution is -2.20. The van der Waals surface area contributed by atoms with Gasteiger partial charge in [-0.05, 0) is 69.2 Å². The van der Waals surface area contributed by atoms with Crippen molar-refractivity contribution >= 4 is 23.5 Å². The van der Waals surface area contributed by atoms with E-state index in [2.05, 4.69) is 11.0 Å². The smallest absolute Gasteiger partial charge is 0.189 e. The predicted molar refractivity (Wildman–Crippen MR) is 138 cm³/mol. The topological polar surface area (TPSA) is 32.8 Å². The summed E-state index contributed by atoms with van der Waals surface area (Å²) in [5.74, 6) is 0.465. The molecular formula is C28H31ClN2O2. The second kappa shape index (κ2) is 11.8. The van der Waals surface area contributed by atoms with Crippen molar-refractivity contribution in [1.29, 1.82) is 0 Å². The number of ether oxygens (including phenoxy) is 1. The molecule has 5 heteroatoms. The SMILES string of the molecule is CN(C)CCOc1ccc(-c2ccccc2Cl)cc1C(=O)C=Cc1ccccc1CN(C)C. The third-order valence-electron chi connectivity index (χ3n) is 5.18. The van der Waals surface area contributed by atoms with Gasteiger partial charge in [0.1, 0.15) is 12.4 Å². The first-order valence-corrected chi connectivity index (χ1v) is 11.3. The van der Waals surface area contributed by atoms with Gasteiger partial charge in [-0.2, -0.15) is 0 Å². The Labute approximate surface area is 202 Å². The fourth-order valence-corrected chi connectivity index (χ4v) is 3.73. The van der Waals surface area contributed by atoms with Crippen molar-refractivity contribution in [3.63, 3.8) is 0 Å². The molecule has 0 aliphatic rings. The molecule has 0 atom stereocenters. The summed E-state index contributed by atoms with van der Waals surface area (Å²) in [7, 11) is 8.04. The zero-order valence-electron chi connectivity index (χ0n) is 19.7. The summed E-state index contributed by atoms with van der Waals surface area (Å²) in [4.78, 5) is 17.5. The number of hydrogen-bond acceptors (Lipinski definition) is 4. The molecule has 3 rings (SSSR count). The van der Waals surface area contributed by atoms with E-state index in [0.717, 1.165) is 29.8 Å². The maximum Gasteiger partial charge on any atom is 0.189 e. The molecule has 0 amide bonds. The fourth-order valence-electron chi connectivity index (χ4n) is 3.49. The van der Waals surface area contributed by atoms with E-state index >= 15 is 0 Å². The second-order valence-electron chi connectivity index (χ2n) is 8.48. The van der Waals surface area contributed by atoms with Crippen molar-refractivity contribution in [3.05, 3.63) is 94.5 Å². The van der Waals surface area contributed by atoms with Crippen molar-refractivity contribution < 1.29 is 9.53 Å². The molecule has 0 aliphatic carbocycles. The molecule has 0 fully saturated rings. The van der Waals surface area contributed by atoms with Gasteiger partial charge in [-0.1, -0.05) is 66.2 Å². The van der Waals surface area contributed by atoms with Crippen LogP contribution in [0.25, 0.3) is 17.2 Å². The standard InChI is InChI=1S/C28H31ClN2O2/c1-30(2)17-18-33-28-16-14-22(24-11-7-8-12-26(24)29)19-25(28)27(32)15-13-21-9-5-6-10-23(21)20-31(3)4/h5-16,19H,17-18,20H2,1-4H3. The minimum absolute atomic E-state index is 0.108. The van der Waals surface area contributed by atoms with Crippen molar-refractivity contribution in [2.75, 3.05) is 41.3 Å². The van der Waals surface area contributed by atoms with Crippen molar-refractivity contribution in [2.24, 2.45) is 0 Å². The summed E-state index contributed by atoms with van der Waals surface area (Å²) in [6.07, 6.45) is 3.51. The van der Waals surface area contributed by atoms with Gasteiger partial charge < -0.3 is 14.5 Å². The average molecular weight is 463 g/mol. The normalized spacial score (nSPS) is 11.5. The first-order valence-electron chi connectivity index (χ1n) is 11.0. The van der Waals surface area contributed by atoms with Crippen LogP contribution < -0.4 is 4.74 Å². The third kappa shape index (κ3) is 7.03. The lowest BCUT2D eigenvalue weighted by atomic mass is 9.99. The highest BCUT2D eigenvalue weighted by atomic mass is 35.5. The van der Waals surface area contributed by atoms with Crippen LogP contribution in [0.5, 0.6) is 5.75 Å². The van der Waals surface area contributed by atoms with Gasteiger partial charge in [0.15, 0.2) is 5.78 Å². The number of ketones is 1. The van der Waals surface area contributed by atoms with E-state index in [9.17, 15) is 4.79 Å². The van der Waals surface area contributed by atoms with Crippen LogP contribution in [0.15, 0.2) is 72.8 Å². The molecule has 0 saturated carbocycles. The Morgan fingerprint density at radius 3 is 2.39 bits per heavy atom. The molecule has 0 spiro atoms. The van der Waals surface area contributed by atoms with Gasteiger partial charge in [0, 0.05) is 23.7 Å². The molecule has 0 bridgehead atoms. The van der Waals surface area contributed by atoms with Crippen LogP contribution in [0, 0.1) is 0 Å². The first-order chi connectivity index (χ1) is 15.8. The molecule has 3 aromatic rings. The van der Waals surface area contributed by atoms with Crippen LogP contribution >= 0.6 is 11.6 Å². The molecule has 4 nitrogen and oxygen atoms in total. The summed E-state index contributed by atoms with van der Waals surface area (Å²) < 4.78 is 5.98. The van der Waals surface area contributed by atoms with Gasteiger partial charge in [0.25, 0.3) is 0 Å². The van der Waals surface area contributed by atoms with Crippen LogP contribution in [-0.2, 0) is 6.54 Å². The Morgan fingerprint density at radius 1 is 0.939 bits per heavy atom. The number of carbonyl (C=O) groups excluding carboxylic acids is 1. The lowest BCUT2D eigenvalue weighted by molar-refractivity contribution is 0.104. The van der Waals surface area contributed by atoms with E-state index in [0.29, 0.717) is 22.9 Å². The Kier molecular flexibility index (Phi) is 8.84. The molecule has 0 saturated heterocycles. The summed E-state index contributed by atoms with van der Waals surface area (Å²) in [6.45, 7) is 2.05. The van der Waals surface area contributed by atoms with Gasteiger partial charge in [-0.3, -0.25) is 4.79 Å². The average Bonchev–Trinajstić information content (AvgIpc) is 2.78. The molecule has 3 aromatic carbocycles. The van der Waals surface area contributed by atoms with Crippen molar-refractivity contribution in [3.8, 4) is 16.9 Å². The second-order valence-corrected chi connectivity index (χ2v) is 8.88. The van der Waals surface area contributed by atoms with Crippen molar-refractivity contribution in [1.82, 2.24) is 9.80 Å². The number of nitrogens with zero attached hydrogens (tertiary/aromatic N) is 2. The fraction of sp³-hybridized carbons (Fsp3) is 0.250. The largest absolute Gasteiger partial charge is 0.491 e. The Hall–Kier alpha value is -2.92. The van der Waals surface area contributed by atoms with E-state index in [1.54, 1.807) is 6.08 Å². The number of halogens is 1. The van der Waals surface area contributed by atoms with E-state index in [1.165, 1.54) is 5.56 Å². The summed E-state index contributed by atoms with van der Waals surface area (Å²) in [5, 5.41) is 0.644. The lowest BCUT2D eigenvalue weighted by Gasteiger charge is -2.15. The van der Waals surface area contributed by atoms with E-state index < -0.39 is 0 Å². The van der Waals surface area contributed by atoms with Crippen LogP contribution in [-0.4, -0.2) is 56.9 Å². The summed E-state index contributed by atoms with van der Waals surface area (Å²) in [5.41, 5.74) is 4.47. The number of likely N-dealkylation sites (N-methyl/N-ethyl adjacent to an activating group) is 1. The van der Waals surface area contributed by atoms with Crippen LogP contribution in [0.4, 0.5) is 0 Å². The molecule has 0 N–H and O–H groups in total. The number of benzene rings is 3. The number of hydrogen-bond donors (Lipinski definition) is 0. The molecule has 33 heavy (non-hydrogen) atoms. The Morgan fingerprint density at radius 2 is 1.67 bits per heavy atom. The van der Waals surface area contributed by atoms with Gasteiger partial charge in [-0.15, -0.1) is 0 Å². The maximum absolute atomic E-state index is 13.3. The summed E-state index contributed by atoms with van der Waals surface area (Å²) >= 11 is 6.41. The number of carbonyl (C=O) groups is 1. The van der Waals surface area contributed by atoms with Crippen molar-refractivity contribution in [2.45, 2.75) is 6.54 Å². The summed E-state index contributed by atoms with van der Waals surface area (Å²) in [6, 6.07) is 21.4. The zero-order valence-corrected chi connectivity index (χ0v) is 20.5. The molecule has 0 radical (unpaired) electrons. The molecule has 0 heterocycles. The highest BCUT2D eigenvalue weighted by molar-refractivity contribution is 6.33. The van der Waals surface area contributed by atoms with E-state index in [1.807, 2.05) is 99.8 Å². The molecular weight excluding hydrogens is 432 g/mol. The molecule has 172 valence electrons. The Balaban J connectivity index is 1.94. The maximum atomic E-state index is 13.3. The highest BCUT2D eigenvalue weighted by Crippen LogP contribution is 2.32. The van der Waals surface area contributed by atoms with E-state index in [4.69, 9.17) is 16.3 Å². The van der Waals surface area contributed by atoms with Gasteiger partial charge in [0.05, 0.1) is 5.56 Å². The van der Waals surface area contributed by atoms with Crippen LogP contribution in [0.2, 0.25) is 5.02 Å². The monoisotopic (exact) mass is 462 g/mol. The van der Waals surface area contributed by atoms with Gasteiger partial charge in [0.2, 0.25) is 0 Å². The first kappa shape index (κ1) is 24.7. The van der Waals surface area contributed by atoms with E-state index in [-0.39, 0.29) is 5.78 Å². The highest BCUT2D eigenvalue weighted by Gasteiger charge is 2.14. The zero-order chi connectivity index (χ0) is 23.8.